The van der Waals surface area contributed by atoms with E-state index in [1.165, 1.54) is 11.8 Å². The molecule has 0 aromatic heterocycles. The van der Waals surface area contributed by atoms with Crippen molar-refractivity contribution in [1.29, 1.82) is 0 Å². The molecular formula is C31H24F3O3PS2. The summed E-state index contributed by atoms with van der Waals surface area (Å²) >= 11 is 1.33. The first-order valence-corrected chi connectivity index (χ1v) is 16.6. The monoisotopic (exact) mass is 596 g/mol. The molecule has 5 aromatic carbocycles. The molecule has 0 bridgehead atoms. The van der Waals surface area contributed by atoms with Crippen molar-refractivity contribution in [2.24, 2.45) is 0 Å². The number of alkyl halides is 3. The van der Waals surface area contributed by atoms with E-state index in [0.29, 0.717) is 26.1 Å². The third-order valence-corrected chi connectivity index (χ3v) is 15.5. The van der Waals surface area contributed by atoms with Gasteiger partial charge in [-0.1, -0.05) is 0 Å². The van der Waals surface area contributed by atoms with Gasteiger partial charge < -0.3 is 0 Å². The predicted octanol–water partition coefficient (Wildman–Crippen LogP) is 6.77. The Morgan fingerprint density at radius 3 is 1.35 bits per heavy atom. The Balaban J connectivity index is 2.05. The van der Waals surface area contributed by atoms with Crippen molar-refractivity contribution in [3.05, 3.63) is 146 Å². The first-order valence-electron chi connectivity index (χ1n) is 12.2. The molecule has 40 heavy (non-hydrogen) atoms. The van der Waals surface area contributed by atoms with Gasteiger partial charge in [0.2, 0.25) is 0 Å². The summed E-state index contributed by atoms with van der Waals surface area (Å²) in [6, 6.07) is 41.5. The first-order chi connectivity index (χ1) is 19.2. The topological polar surface area (TPSA) is 43.4 Å². The Bertz CT molecular complexity index is 1600. The van der Waals surface area contributed by atoms with Crippen LogP contribution in [0.4, 0.5) is 13.2 Å². The Hall–Kier alpha value is -3.42. The number of hydrogen-bond acceptors (Lipinski definition) is 4. The van der Waals surface area contributed by atoms with Gasteiger partial charge in [0.05, 0.1) is 0 Å². The van der Waals surface area contributed by atoms with E-state index in [1.807, 2.05) is 30.3 Å². The van der Waals surface area contributed by atoms with E-state index in [0.717, 1.165) is 4.90 Å². The van der Waals surface area contributed by atoms with Crippen LogP contribution >= 0.6 is 18.6 Å². The van der Waals surface area contributed by atoms with Crippen LogP contribution in [0, 0.1) is 0 Å². The van der Waals surface area contributed by atoms with Crippen LogP contribution in [0.3, 0.4) is 0 Å². The molecule has 204 valence electrons. The van der Waals surface area contributed by atoms with E-state index in [2.05, 4.69) is 0 Å². The van der Waals surface area contributed by atoms with Crippen molar-refractivity contribution < 1.29 is 25.6 Å². The number of benzene rings is 5. The summed E-state index contributed by atoms with van der Waals surface area (Å²) in [5, 5.41) is 1.30. The van der Waals surface area contributed by atoms with Crippen LogP contribution in [0.2, 0.25) is 0 Å². The predicted molar refractivity (Wildman–Crippen MR) is 158 cm³/mol. The summed E-state index contributed by atoms with van der Waals surface area (Å²) in [7, 11) is -6.15. The van der Waals surface area contributed by atoms with Gasteiger partial charge >= 0.3 is 236 Å². The summed E-state index contributed by atoms with van der Waals surface area (Å²) < 4.78 is 75.6. The van der Waals surface area contributed by atoms with Crippen LogP contribution in [0.25, 0.3) is 0 Å². The van der Waals surface area contributed by atoms with Crippen LogP contribution in [0.5, 0.6) is 0 Å². The maximum atomic E-state index is 14.3. The molecule has 0 N–H and O–H groups in total. The van der Waals surface area contributed by atoms with E-state index in [-0.39, 0.29) is 0 Å². The van der Waals surface area contributed by atoms with Crippen molar-refractivity contribution in [2.75, 3.05) is 0 Å². The van der Waals surface area contributed by atoms with E-state index < -0.39 is 22.5 Å². The Morgan fingerprint density at radius 1 is 0.550 bits per heavy atom. The molecule has 0 saturated carbocycles. The Labute approximate surface area is 235 Å². The second kappa shape index (κ2) is 10.9. The molecule has 9 heteroatoms. The van der Waals surface area contributed by atoms with Gasteiger partial charge in [-0.2, -0.15) is 0 Å². The fraction of sp³-hybridized carbons (Fsp3) is 0.0323. The average molecular weight is 597 g/mol. The van der Waals surface area contributed by atoms with Gasteiger partial charge in [-0.15, -0.1) is 0 Å². The van der Waals surface area contributed by atoms with Gasteiger partial charge in [-0.3, -0.25) is 0 Å². The number of hydrogen-bond donors (Lipinski definition) is 0. The minimum absolute atomic E-state index is 0.319. The first kappa shape index (κ1) is 28.1. The van der Waals surface area contributed by atoms with Gasteiger partial charge in [-0.25, -0.2) is 0 Å². The second-order valence-electron chi connectivity index (χ2n) is 8.90. The maximum absolute atomic E-state index is 14.3. The molecule has 0 saturated heterocycles. The van der Waals surface area contributed by atoms with Gasteiger partial charge in [0.15, 0.2) is 0 Å². The number of rotatable bonds is 8. The summed E-state index contributed by atoms with van der Waals surface area (Å²) in [4.78, 5) is 1.40. The molecule has 0 aliphatic carbocycles. The van der Waals surface area contributed by atoms with Crippen molar-refractivity contribution in [1.82, 2.24) is 0 Å². The molecule has 0 fully saturated rings. The Morgan fingerprint density at radius 2 is 0.925 bits per heavy atom. The molecule has 0 aliphatic rings. The molecule has 0 atom stereocenters. The molecule has 0 heterocycles. The molecule has 0 aliphatic heterocycles. The van der Waals surface area contributed by atoms with Crippen molar-refractivity contribution in [3.8, 4) is 0 Å². The summed E-state index contributed by atoms with van der Waals surface area (Å²) in [5.74, 6) is 0. The standard InChI is InChI=1S/C31H24F3O3PS2/c32-31(33,34)40(35,36)37-38(25-15-5-1-6-16-25,26-17-7-2-8-18-26,27-19-9-3-10-20-27)29-23-13-14-24-30(29)39-28-21-11-4-12-22-28/h1-24H. The molecule has 0 amide bonds. The third kappa shape index (κ3) is 4.65. The van der Waals surface area contributed by atoms with Crippen LogP contribution in [-0.4, -0.2) is 13.9 Å². The minimum atomic E-state index is -6.15. The van der Waals surface area contributed by atoms with Crippen LogP contribution < -0.4 is 21.2 Å². The second-order valence-corrected chi connectivity index (χ2v) is 16.1. The van der Waals surface area contributed by atoms with Crippen molar-refractivity contribution in [2.45, 2.75) is 15.3 Å². The van der Waals surface area contributed by atoms with Crippen molar-refractivity contribution in [3.63, 3.8) is 0 Å². The van der Waals surface area contributed by atoms with Crippen molar-refractivity contribution >= 4 is 49.9 Å². The fourth-order valence-electron chi connectivity index (χ4n) is 4.92. The van der Waals surface area contributed by atoms with Crippen LogP contribution in [0.15, 0.2) is 155 Å². The van der Waals surface area contributed by atoms with Gasteiger partial charge in [0.1, 0.15) is 0 Å². The zero-order chi connectivity index (χ0) is 28.3. The number of halogens is 3. The van der Waals surface area contributed by atoms with Gasteiger partial charge in [0.25, 0.3) is 0 Å². The van der Waals surface area contributed by atoms with E-state index in [4.69, 9.17) is 3.97 Å². The van der Waals surface area contributed by atoms with Crippen LogP contribution in [0.1, 0.15) is 0 Å². The molecule has 5 rings (SSSR count). The average Bonchev–Trinajstić information content (AvgIpc) is 2.98. The molecular weight excluding hydrogens is 572 g/mol. The van der Waals surface area contributed by atoms with Gasteiger partial charge in [0, 0.05) is 0 Å². The normalized spacial score (nSPS) is 13.3. The van der Waals surface area contributed by atoms with E-state index in [1.54, 1.807) is 115 Å². The Kier molecular flexibility index (Phi) is 7.64. The fourth-order valence-corrected chi connectivity index (χ4v) is 14.5. The zero-order valence-electron chi connectivity index (χ0n) is 21.0. The third-order valence-electron chi connectivity index (χ3n) is 6.57. The summed E-state index contributed by atoms with van der Waals surface area (Å²) in [6.07, 6.45) is 0. The quantitative estimate of drug-likeness (QED) is 0.146. The zero-order valence-corrected chi connectivity index (χ0v) is 23.5. The summed E-state index contributed by atoms with van der Waals surface area (Å²) in [5.41, 5.74) is -5.67. The molecule has 0 radical (unpaired) electrons. The van der Waals surface area contributed by atoms with Crippen LogP contribution in [-0.2, 0) is 14.1 Å². The van der Waals surface area contributed by atoms with E-state index in [9.17, 15) is 21.6 Å². The molecule has 0 unspecified atom stereocenters. The summed E-state index contributed by atoms with van der Waals surface area (Å²) in [6.45, 7) is -5.17. The SMILES string of the molecule is O=S(=O)(OP(c1ccccc1)(c1ccccc1)(c1ccccc1)c1ccccc1Sc1ccccc1)C(F)(F)F. The van der Waals surface area contributed by atoms with Gasteiger partial charge in [-0.05, 0) is 0 Å². The molecule has 3 nitrogen and oxygen atoms in total. The van der Waals surface area contributed by atoms with E-state index >= 15 is 0 Å². The molecule has 0 spiro atoms. The molecule has 5 aromatic rings.